The minimum absolute atomic E-state index is 0.148. The summed E-state index contributed by atoms with van der Waals surface area (Å²) in [6.45, 7) is 3.97. The lowest BCUT2D eigenvalue weighted by Crippen LogP contribution is -2.12. The molecular weight excluding hydrogens is 280 g/mol. The van der Waals surface area contributed by atoms with Gasteiger partial charge in [-0.2, -0.15) is 0 Å². The third-order valence-electron chi connectivity index (χ3n) is 3.18. The van der Waals surface area contributed by atoms with Crippen LogP contribution in [0.3, 0.4) is 0 Å². The second-order valence-electron chi connectivity index (χ2n) is 5.16. The van der Waals surface area contributed by atoms with Gasteiger partial charge < -0.3 is 14.5 Å². The fourth-order valence-electron chi connectivity index (χ4n) is 1.99. The summed E-state index contributed by atoms with van der Waals surface area (Å²) in [6.07, 6.45) is 3.69. The Morgan fingerprint density at radius 2 is 1.82 bits per heavy atom. The molecule has 1 heterocycles. The number of methoxy groups -OCH3 is 2. The van der Waals surface area contributed by atoms with Crippen LogP contribution in [0.15, 0.2) is 29.1 Å². The molecule has 0 bridgehead atoms. The van der Waals surface area contributed by atoms with E-state index in [9.17, 15) is 4.79 Å². The third kappa shape index (κ3) is 3.75. The van der Waals surface area contributed by atoms with Crippen molar-refractivity contribution in [3.8, 4) is 11.5 Å². The number of H-pyrrole nitrogens is 1. The van der Waals surface area contributed by atoms with Gasteiger partial charge in [-0.05, 0) is 23.8 Å². The molecule has 0 saturated heterocycles. The van der Waals surface area contributed by atoms with Crippen LogP contribution >= 0.6 is 0 Å². The summed E-state index contributed by atoms with van der Waals surface area (Å²) >= 11 is 0. The normalized spacial score (nSPS) is 11.1. The number of ether oxygens (including phenoxy) is 2. The standard InChI is InChI=1S/C17H20N2O3/c1-11(2)17-18-13(10-16(20)19-17)7-5-12-6-8-14(21-3)15(9-12)22-4/h5-11H,1-4H3,(H,18,19,20)/b7-5+. The molecule has 1 aromatic carbocycles. The van der Waals surface area contributed by atoms with Crippen molar-refractivity contribution < 1.29 is 9.47 Å². The SMILES string of the molecule is COc1ccc(/C=C/c2cc(=O)[nH]c(C(C)C)n2)cc1OC. The second-order valence-corrected chi connectivity index (χ2v) is 5.16. The summed E-state index contributed by atoms with van der Waals surface area (Å²) in [5.74, 6) is 2.18. The minimum Gasteiger partial charge on any atom is -0.493 e. The molecule has 5 heteroatoms. The fraction of sp³-hybridized carbons (Fsp3) is 0.294. The van der Waals surface area contributed by atoms with E-state index in [1.54, 1.807) is 14.2 Å². The highest BCUT2D eigenvalue weighted by molar-refractivity contribution is 5.69. The van der Waals surface area contributed by atoms with Crippen molar-refractivity contribution in [3.63, 3.8) is 0 Å². The number of nitrogens with one attached hydrogen (secondary N) is 1. The van der Waals surface area contributed by atoms with E-state index in [2.05, 4.69) is 9.97 Å². The smallest absolute Gasteiger partial charge is 0.251 e. The Hall–Kier alpha value is -2.56. The van der Waals surface area contributed by atoms with Gasteiger partial charge in [0, 0.05) is 12.0 Å². The van der Waals surface area contributed by atoms with Crippen LogP contribution in [0.4, 0.5) is 0 Å². The zero-order valence-electron chi connectivity index (χ0n) is 13.2. The second kappa shape index (κ2) is 6.93. The average molecular weight is 300 g/mol. The highest BCUT2D eigenvalue weighted by Gasteiger charge is 2.05. The lowest BCUT2D eigenvalue weighted by molar-refractivity contribution is 0.355. The Kier molecular flexibility index (Phi) is 4.99. The lowest BCUT2D eigenvalue weighted by atomic mass is 10.1. The van der Waals surface area contributed by atoms with E-state index in [1.807, 2.05) is 44.2 Å². The zero-order valence-corrected chi connectivity index (χ0v) is 13.2. The lowest BCUT2D eigenvalue weighted by Gasteiger charge is -2.07. The van der Waals surface area contributed by atoms with Crippen molar-refractivity contribution in [2.75, 3.05) is 14.2 Å². The van der Waals surface area contributed by atoms with Gasteiger partial charge in [0.1, 0.15) is 5.82 Å². The average Bonchev–Trinajstić information content (AvgIpc) is 2.52. The summed E-state index contributed by atoms with van der Waals surface area (Å²) in [7, 11) is 3.19. The van der Waals surface area contributed by atoms with Crippen molar-refractivity contribution in [3.05, 3.63) is 51.7 Å². The van der Waals surface area contributed by atoms with Crippen LogP contribution in [0.1, 0.15) is 36.8 Å². The van der Waals surface area contributed by atoms with Crippen LogP contribution in [0.25, 0.3) is 12.2 Å². The van der Waals surface area contributed by atoms with E-state index in [0.717, 1.165) is 5.56 Å². The van der Waals surface area contributed by atoms with Gasteiger partial charge in [-0.3, -0.25) is 4.79 Å². The molecule has 0 fully saturated rings. The van der Waals surface area contributed by atoms with Crippen LogP contribution in [0, 0.1) is 0 Å². The molecule has 5 nitrogen and oxygen atoms in total. The molecule has 0 saturated carbocycles. The van der Waals surface area contributed by atoms with Crippen molar-refractivity contribution >= 4 is 12.2 Å². The molecule has 0 aliphatic carbocycles. The van der Waals surface area contributed by atoms with Crippen LogP contribution in [-0.4, -0.2) is 24.2 Å². The zero-order chi connectivity index (χ0) is 16.1. The van der Waals surface area contributed by atoms with Crippen LogP contribution in [0.2, 0.25) is 0 Å². The van der Waals surface area contributed by atoms with Crippen molar-refractivity contribution in [2.24, 2.45) is 0 Å². The van der Waals surface area contributed by atoms with Crippen molar-refractivity contribution in [2.45, 2.75) is 19.8 Å². The molecule has 1 aromatic heterocycles. The van der Waals surface area contributed by atoms with Gasteiger partial charge in [0.15, 0.2) is 11.5 Å². The molecule has 0 aliphatic heterocycles. The maximum absolute atomic E-state index is 11.6. The van der Waals surface area contributed by atoms with E-state index < -0.39 is 0 Å². The molecule has 0 radical (unpaired) electrons. The molecule has 1 N–H and O–H groups in total. The third-order valence-corrected chi connectivity index (χ3v) is 3.18. The number of hydrogen-bond donors (Lipinski definition) is 1. The number of aromatic nitrogens is 2. The molecule has 116 valence electrons. The molecule has 2 rings (SSSR count). The van der Waals surface area contributed by atoms with E-state index in [4.69, 9.17) is 9.47 Å². The Bertz CT molecular complexity index is 733. The first kappa shape index (κ1) is 15.8. The van der Waals surface area contributed by atoms with Gasteiger partial charge in [-0.25, -0.2) is 4.98 Å². The first-order valence-corrected chi connectivity index (χ1v) is 7.05. The van der Waals surface area contributed by atoms with Crippen LogP contribution < -0.4 is 15.0 Å². The maximum atomic E-state index is 11.6. The fourth-order valence-corrected chi connectivity index (χ4v) is 1.99. The van der Waals surface area contributed by atoms with Crippen LogP contribution in [-0.2, 0) is 0 Å². The van der Waals surface area contributed by atoms with E-state index in [0.29, 0.717) is 23.0 Å². The minimum atomic E-state index is -0.148. The van der Waals surface area contributed by atoms with Crippen molar-refractivity contribution in [1.82, 2.24) is 9.97 Å². The number of benzene rings is 1. The molecule has 0 spiro atoms. The van der Waals surface area contributed by atoms with E-state index in [1.165, 1.54) is 6.07 Å². The van der Waals surface area contributed by atoms with E-state index >= 15 is 0 Å². The summed E-state index contributed by atoms with van der Waals surface area (Å²) in [4.78, 5) is 18.8. The van der Waals surface area contributed by atoms with Crippen LogP contribution in [0.5, 0.6) is 11.5 Å². The molecule has 22 heavy (non-hydrogen) atoms. The van der Waals surface area contributed by atoms with Gasteiger partial charge in [-0.1, -0.05) is 26.0 Å². The quantitative estimate of drug-likeness (QED) is 0.921. The summed E-state index contributed by atoms with van der Waals surface area (Å²) in [5.41, 5.74) is 1.42. The summed E-state index contributed by atoms with van der Waals surface area (Å²) in [6, 6.07) is 7.09. The summed E-state index contributed by atoms with van der Waals surface area (Å²) < 4.78 is 10.5. The highest BCUT2D eigenvalue weighted by Crippen LogP contribution is 2.28. The monoisotopic (exact) mass is 300 g/mol. The Labute approximate surface area is 129 Å². The first-order chi connectivity index (χ1) is 10.5. The highest BCUT2D eigenvalue weighted by atomic mass is 16.5. The van der Waals surface area contributed by atoms with Gasteiger partial charge >= 0.3 is 0 Å². The topological polar surface area (TPSA) is 64.2 Å². The Balaban J connectivity index is 2.30. The van der Waals surface area contributed by atoms with Gasteiger partial charge in [0.25, 0.3) is 5.56 Å². The number of hydrogen-bond acceptors (Lipinski definition) is 4. The van der Waals surface area contributed by atoms with Gasteiger partial charge in [0.05, 0.1) is 19.9 Å². The summed E-state index contributed by atoms with van der Waals surface area (Å²) in [5, 5.41) is 0. The molecular formula is C17H20N2O3. The van der Waals surface area contributed by atoms with Gasteiger partial charge in [-0.15, -0.1) is 0 Å². The Morgan fingerprint density at radius 1 is 1.09 bits per heavy atom. The van der Waals surface area contributed by atoms with Gasteiger partial charge in [0.2, 0.25) is 0 Å². The molecule has 0 unspecified atom stereocenters. The van der Waals surface area contributed by atoms with Crippen molar-refractivity contribution in [1.29, 1.82) is 0 Å². The van der Waals surface area contributed by atoms with E-state index in [-0.39, 0.29) is 11.5 Å². The molecule has 0 atom stereocenters. The molecule has 0 aliphatic rings. The first-order valence-electron chi connectivity index (χ1n) is 7.05. The number of nitrogens with zero attached hydrogens (tertiary/aromatic N) is 1. The maximum Gasteiger partial charge on any atom is 0.251 e. The molecule has 2 aromatic rings. The largest absolute Gasteiger partial charge is 0.493 e. The number of aromatic amines is 1. The Morgan fingerprint density at radius 3 is 2.45 bits per heavy atom. The predicted molar refractivity (Wildman–Crippen MR) is 87.4 cm³/mol. The number of rotatable bonds is 5. The predicted octanol–water partition coefficient (Wildman–Crippen LogP) is 3.08. The molecule has 0 amide bonds.